The smallest absolute Gasteiger partial charge is 0.472 e. The third-order valence-corrected chi connectivity index (χ3v) is 5.89. The number of carbonyl (C=O) groups is 5. The van der Waals surface area contributed by atoms with Crippen molar-refractivity contribution in [3.05, 3.63) is 0 Å². The Morgan fingerprint density at radius 1 is 0.976 bits per heavy atom. The minimum atomic E-state index is -1.20. The van der Waals surface area contributed by atoms with Crippen molar-refractivity contribution in [2.45, 2.75) is 103 Å². The van der Waals surface area contributed by atoms with E-state index in [-0.39, 0.29) is 12.5 Å². The molecule has 2 fully saturated rings. The van der Waals surface area contributed by atoms with Gasteiger partial charge in [-0.1, -0.05) is 11.4 Å². The molecule has 0 unspecified atom stereocenters. The maximum absolute atomic E-state index is 12.6. The van der Waals surface area contributed by atoms with Crippen molar-refractivity contribution in [2.75, 3.05) is 26.2 Å². The number of carbonyl (C=O) groups excluding carboxylic acids is 4. The predicted octanol–water partition coefficient (Wildman–Crippen LogP) is 3.86. The number of ether oxygens (including phenoxy) is 1. The fourth-order valence-corrected chi connectivity index (χ4v) is 3.95. The maximum atomic E-state index is 12.6. The molecule has 1 spiro atoms. The van der Waals surface area contributed by atoms with Crippen molar-refractivity contribution < 1.29 is 53.4 Å². The average molecular weight is 587 g/mol. The summed E-state index contributed by atoms with van der Waals surface area (Å²) in [7, 11) is 0. The zero-order chi connectivity index (χ0) is 30.8. The van der Waals surface area contributed by atoms with Gasteiger partial charge in [0.05, 0.1) is 6.54 Å². The molecule has 15 nitrogen and oxygen atoms in total. The Hall–Kier alpha value is -3.46. The van der Waals surface area contributed by atoms with Crippen molar-refractivity contribution in [3.8, 4) is 0 Å². The van der Waals surface area contributed by atoms with Crippen molar-refractivity contribution in [1.82, 2.24) is 14.8 Å². The summed E-state index contributed by atoms with van der Waals surface area (Å²) in [5.41, 5.74) is -2.36. The van der Waals surface area contributed by atoms with Gasteiger partial charge in [-0.15, -0.1) is 0 Å². The van der Waals surface area contributed by atoms with E-state index in [1.54, 1.807) is 46.4 Å². The standard InChI is InChI=1S/C26H42N4O11/c1-24(2,3)40-38-22(35)30(23(36)39-41-25(4,5)6)27-14-10-8-7-9-11-19(31)28-15-12-26(13-16-28)18-29(17-20(32)33)21(34)37-26/h14H,7-13,15-18H2,1-6H3,(H,32,33). The summed E-state index contributed by atoms with van der Waals surface area (Å²) in [6.45, 7) is 10.6. The van der Waals surface area contributed by atoms with Gasteiger partial charge in [0.15, 0.2) is 0 Å². The van der Waals surface area contributed by atoms with Crippen LogP contribution < -0.4 is 0 Å². The van der Waals surface area contributed by atoms with Crippen LogP contribution in [0.1, 0.15) is 86.5 Å². The normalized spacial score (nSPS) is 17.1. The minimum Gasteiger partial charge on any atom is -0.480 e. The van der Waals surface area contributed by atoms with E-state index in [9.17, 15) is 24.0 Å². The first kappa shape index (κ1) is 33.7. The molecule has 232 valence electrons. The number of piperidine rings is 1. The van der Waals surface area contributed by atoms with E-state index in [1.807, 2.05) is 0 Å². The van der Waals surface area contributed by atoms with Gasteiger partial charge in [-0.05, 0) is 60.8 Å². The first-order valence-electron chi connectivity index (χ1n) is 13.6. The number of rotatable bonds is 11. The first-order valence-corrected chi connectivity index (χ1v) is 13.6. The number of nitrogens with zero attached hydrogens (tertiary/aromatic N) is 4. The van der Waals surface area contributed by atoms with Crippen LogP contribution in [0.25, 0.3) is 0 Å². The highest BCUT2D eigenvalue weighted by Crippen LogP contribution is 2.33. The number of amides is 4. The molecule has 41 heavy (non-hydrogen) atoms. The molecule has 2 heterocycles. The Balaban J connectivity index is 1.73. The quantitative estimate of drug-likeness (QED) is 0.161. The molecule has 2 saturated heterocycles. The lowest BCUT2D eigenvalue weighted by Gasteiger charge is -2.37. The minimum absolute atomic E-state index is 0.00500. The fourth-order valence-electron chi connectivity index (χ4n) is 3.95. The van der Waals surface area contributed by atoms with Gasteiger partial charge in [0, 0.05) is 38.6 Å². The predicted molar refractivity (Wildman–Crippen MR) is 142 cm³/mol. The summed E-state index contributed by atoms with van der Waals surface area (Å²) in [6, 6.07) is 0. The Morgan fingerprint density at radius 3 is 2.05 bits per heavy atom. The van der Waals surface area contributed by atoms with Gasteiger partial charge in [0.1, 0.15) is 23.3 Å². The molecule has 0 radical (unpaired) electrons. The van der Waals surface area contributed by atoms with E-state index in [4.69, 9.17) is 19.6 Å². The molecular weight excluding hydrogens is 544 g/mol. The lowest BCUT2D eigenvalue weighted by Crippen LogP contribution is -2.48. The second kappa shape index (κ2) is 14.4. The van der Waals surface area contributed by atoms with Crippen LogP contribution in [0.15, 0.2) is 5.10 Å². The lowest BCUT2D eigenvalue weighted by molar-refractivity contribution is -0.316. The van der Waals surface area contributed by atoms with Crippen LogP contribution in [0.3, 0.4) is 0 Å². The number of carboxylic acids is 1. The highest BCUT2D eigenvalue weighted by Gasteiger charge is 2.47. The molecule has 0 aromatic heterocycles. The first-order chi connectivity index (χ1) is 19.0. The molecular formula is C26H42N4O11. The number of hydrogen-bond donors (Lipinski definition) is 1. The van der Waals surface area contributed by atoms with E-state index in [0.717, 1.165) is 0 Å². The molecule has 2 rings (SSSR count). The van der Waals surface area contributed by atoms with Crippen LogP contribution in [0.2, 0.25) is 0 Å². The Morgan fingerprint density at radius 2 is 1.54 bits per heavy atom. The SMILES string of the molecule is CC(C)(C)OOC(=O)N(N=CCCCCCC(=O)N1CCC2(CC1)CN(CC(=O)O)C(=O)O2)C(=O)OOC(C)(C)C. The van der Waals surface area contributed by atoms with Crippen molar-refractivity contribution in [3.63, 3.8) is 0 Å². The van der Waals surface area contributed by atoms with E-state index in [1.165, 1.54) is 11.1 Å². The number of hydrogen-bond acceptors (Lipinski definition) is 11. The number of aliphatic carboxylic acids is 1. The summed E-state index contributed by atoms with van der Waals surface area (Å²) in [5.74, 6) is -1.11. The van der Waals surface area contributed by atoms with Crippen LogP contribution >= 0.6 is 0 Å². The molecule has 0 saturated carbocycles. The second-order valence-corrected chi connectivity index (χ2v) is 12.0. The molecule has 0 atom stereocenters. The summed E-state index contributed by atoms with van der Waals surface area (Å²) >= 11 is 0. The van der Waals surface area contributed by atoms with Gasteiger partial charge >= 0.3 is 24.2 Å². The summed E-state index contributed by atoms with van der Waals surface area (Å²) in [4.78, 5) is 82.4. The second-order valence-electron chi connectivity index (χ2n) is 12.0. The molecule has 0 aromatic rings. The number of imide groups is 1. The Kier molecular flexibility index (Phi) is 11.9. The van der Waals surface area contributed by atoms with Gasteiger partial charge < -0.3 is 14.7 Å². The van der Waals surface area contributed by atoms with Crippen LogP contribution in [-0.4, -0.2) is 99.3 Å². The molecule has 0 aliphatic carbocycles. The molecule has 0 bridgehead atoms. The molecule has 15 heteroatoms. The van der Waals surface area contributed by atoms with E-state index in [2.05, 4.69) is 14.9 Å². The summed E-state index contributed by atoms with van der Waals surface area (Å²) in [6.07, 6.45) is 1.97. The van der Waals surface area contributed by atoms with Gasteiger partial charge in [-0.2, -0.15) is 14.9 Å². The Labute approximate surface area is 239 Å². The fraction of sp³-hybridized carbons (Fsp3) is 0.769. The third-order valence-electron chi connectivity index (χ3n) is 5.89. The largest absolute Gasteiger partial charge is 0.480 e. The number of hydrazone groups is 1. The van der Waals surface area contributed by atoms with E-state index in [0.29, 0.717) is 63.0 Å². The number of unbranched alkanes of at least 4 members (excludes halogenated alkanes) is 3. The maximum Gasteiger partial charge on any atom is 0.472 e. The van der Waals surface area contributed by atoms with Crippen LogP contribution in [0, 0.1) is 0 Å². The van der Waals surface area contributed by atoms with Gasteiger partial charge in [0.2, 0.25) is 5.91 Å². The van der Waals surface area contributed by atoms with Gasteiger partial charge in [-0.25, -0.2) is 14.4 Å². The zero-order valence-corrected chi connectivity index (χ0v) is 24.7. The summed E-state index contributed by atoms with van der Waals surface area (Å²) in [5, 5.41) is 13.1. The lowest BCUT2D eigenvalue weighted by atomic mass is 9.91. The van der Waals surface area contributed by atoms with Crippen molar-refractivity contribution >= 4 is 36.4 Å². The highest BCUT2D eigenvalue weighted by molar-refractivity contribution is 5.87. The molecule has 0 aromatic carbocycles. The molecule has 1 N–H and O–H groups in total. The number of likely N-dealkylation sites (tertiary alicyclic amines) is 1. The van der Waals surface area contributed by atoms with Crippen molar-refractivity contribution in [1.29, 1.82) is 0 Å². The number of carboxylic acid groups (broad SMARTS) is 1. The van der Waals surface area contributed by atoms with Gasteiger partial charge in [-0.3, -0.25) is 24.3 Å². The molecule has 2 aliphatic heterocycles. The van der Waals surface area contributed by atoms with Crippen LogP contribution in [0.5, 0.6) is 0 Å². The van der Waals surface area contributed by atoms with Crippen molar-refractivity contribution in [2.24, 2.45) is 5.10 Å². The van der Waals surface area contributed by atoms with Crippen LogP contribution in [0.4, 0.5) is 14.4 Å². The highest BCUT2D eigenvalue weighted by atomic mass is 17.2. The van der Waals surface area contributed by atoms with Gasteiger partial charge in [0.25, 0.3) is 0 Å². The topological polar surface area (TPSA) is 174 Å². The molecule has 2 aliphatic rings. The summed E-state index contributed by atoms with van der Waals surface area (Å²) < 4.78 is 5.47. The van der Waals surface area contributed by atoms with E-state index < -0.39 is 47.6 Å². The average Bonchev–Trinajstić information content (AvgIpc) is 3.15. The van der Waals surface area contributed by atoms with E-state index >= 15 is 0 Å². The monoisotopic (exact) mass is 586 g/mol. The van der Waals surface area contributed by atoms with Crippen LogP contribution in [-0.2, 0) is 33.9 Å². The molecule has 4 amide bonds. The Bertz CT molecular complexity index is 949. The zero-order valence-electron chi connectivity index (χ0n) is 24.7. The third kappa shape index (κ3) is 11.9.